The summed E-state index contributed by atoms with van der Waals surface area (Å²) in [5.74, 6) is -0.166. The second-order valence-electron chi connectivity index (χ2n) is 5.94. The first-order valence-electron chi connectivity index (χ1n) is 8.99. The summed E-state index contributed by atoms with van der Waals surface area (Å²) in [6.07, 6.45) is 1.96. The molecule has 0 unspecified atom stereocenters. The summed E-state index contributed by atoms with van der Waals surface area (Å²) in [6, 6.07) is 17.1. The summed E-state index contributed by atoms with van der Waals surface area (Å²) in [6.45, 7) is 3.69. The van der Waals surface area contributed by atoms with Crippen LogP contribution in [-0.4, -0.2) is 31.6 Å². The van der Waals surface area contributed by atoms with Gasteiger partial charge in [0.25, 0.3) is 5.91 Å². The highest BCUT2D eigenvalue weighted by Gasteiger charge is 2.06. The van der Waals surface area contributed by atoms with Crippen molar-refractivity contribution in [1.82, 2.24) is 5.32 Å². The summed E-state index contributed by atoms with van der Waals surface area (Å²) in [4.78, 5) is 23.6. The lowest BCUT2D eigenvalue weighted by Crippen LogP contribution is -2.22. The molecule has 0 fully saturated rings. The van der Waals surface area contributed by atoms with E-state index in [4.69, 9.17) is 4.74 Å². The summed E-state index contributed by atoms with van der Waals surface area (Å²) in [7, 11) is 0. The zero-order valence-electron chi connectivity index (χ0n) is 15.2. The van der Waals surface area contributed by atoms with E-state index in [1.807, 2.05) is 25.1 Å². The molecule has 138 valence electrons. The van der Waals surface area contributed by atoms with Crippen LogP contribution in [0.5, 0.6) is 0 Å². The molecule has 0 bridgehead atoms. The van der Waals surface area contributed by atoms with Crippen molar-refractivity contribution >= 4 is 17.5 Å². The second-order valence-corrected chi connectivity index (χ2v) is 5.94. The fourth-order valence-corrected chi connectivity index (χ4v) is 2.46. The highest BCUT2D eigenvalue weighted by atomic mass is 16.5. The van der Waals surface area contributed by atoms with Gasteiger partial charge in [-0.3, -0.25) is 9.59 Å². The number of ether oxygens (including phenoxy) is 1. The van der Waals surface area contributed by atoms with E-state index in [1.165, 1.54) is 5.56 Å². The number of nitrogens with one attached hydrogen (secondary N) is 2. The smallest absolute Gasteiger partial charge is 0.251 e. The van der Waals surface area contributed by atoms with Gasteiger partial charge < -0.3 is 15.4 Å². The minimum atomic E-state index is -0.113. The first-order chi connectivity index (χ1) is 12.7. The van der Waals surface area contributed by atoms with E-state index in [2.05, 4.69) is 22.8 Å². The molecule has 0 heterocycles. The first kappa shape index (κ1) is 19.7. The Morgan fingerprint density at radius 2 is 1.69 bits per heavy atom. The van der Waals surface area contributed by atoms with Gasteiger partial charge >= 0.3 is 0 Å². The van der Waals surface area contributed by atoms with Crippen LogP contribution in [0.4, 0.5) is 5.69 Å². The van der Waals surface area contributed by atoms with Gasteiger partial charge in [0, 0.05) is 30.8 Å². The van der Waals surface area contributed by atoms with Crippen LogP contribution in [0.3, 0.4) is 0 Å². The fraction of sp³-hybridized carbons (Fsp3) is 0.333. The molecule has 5 heteroatoms. The molecule has 2 aromatic carbocycles. The highest BCUT2D eigenvalue weighted by Crippen LogP contribution is 2.10. The lowest BCUT2D eigenvalue weighted by atomic mass is 10.2. The molecule has 0 aliphatic heterocycles. The van der Waals surface area contributed by atoms with Crippen molar-refractivity contribution in [2.24, 2.45) is 0 Å². The van der Waals surface area contributed by atoms with Gasteiger partial charge in [-0.2, -0.15) is 0 Å². The van der Waals surface area contributed by atoms with Crippen LogP contribution in [0.2, 0.25) is 0 Å². The lowest BCUT2D eigenvalue weighted by Gasteiger charge is -2.07. The average Bonchev–Trinajstić information content (AvgIpc) is 2.66. The molecule has 5 nitrogen and oxygen atoms in total. The van der Waals surface area contributed by atoms with E-state index < -0.39 is 0 Å². The number of rotatable bonds is 10. The molecule has 0 saturated heterocycles. The predicted octanol–water partition coefficient (Wildman–Crippen LogP) is 3.41. The number of anilines is 1. The van der Waals surface area contributed by atoms with Crippen molar-refractivity contribution in [3.63, 3.8) is 0 Å². The summed E-state index contributed by atoms with van der Waals surface area (Å²) < 4.78 is 5.58. The molecular formula is C21H26N2O3. The third-order valence-electron chi connectivity index (χ3n) is 3.84. The van der Waals surface area contributed by atoms with Gasteiger partial charge in [0.15, 0.2) is 0 Å². The molecule has 2 aromatic rings. The van der Waals surface area contributed by atoms with E-state index >= 15 is 0 Å². The fourth-order valence-electron chi connectivity index (χ4n) is 2.46. The molecule has 0 atom stereocenters. The molecule has 0 radical (unpaired) electrons. The van der Waals surface area contributed by atoms with Gasteiger partial charge in [-0.05, 0) is 49.6 Å². The molecule has 2 amide bonds. The lowest BCUT2D eigenvalue weighted by molar-refractivity contribution is -0.116. The van der Waals surface area contributed by atoms with Crippen LogP contribution in [0.1, 0.15) is 35.7 Å². The third-order valence-corrected chi connectivity index (χ3v) is 3.84. The maximum Gasteiger partial charge on any atom is 0.251 e. The zero-order chi connectivity index (χ0) is 18.6. The quantitative estimate of drug-likeness (QED) is 0.643. The Bertz CT molecular complexity index is 684. The second kappa shape index (κ2) is 11.1. The minimum absolute atomic E-state index is 0.0533. The van der Waals surface area contributed by atoms with E-state index in [0.717, 1.165) is 6.42 Å². The monoisotopic (exact) mass is 354 g/mol. The van der Waals surface area contributed by atoms with E-state index in [0.29, 0.717) is 43.9 Å². The van der Waals surface area contributed by atoms with Gasteiger partial charge in [0.2, 0.25) is 5.91 Å². The Kier molecular flexibility index (Phi) is 8.36. The first-order valence-corrected chi connectivity index (χ1v) is 8.99. The Hall–Kier alpha value is -2.66. The van der Waals surface area contributed by atoms with Gasteiger partial charge in [-0.1, -0.05) is 30.3 Å². The molecule has 2 N–H and O–H groups in total. The molecular weight excluding hydrogens is 328 g/mol. The Morgan fingerprint density at radius 3 is 2.38 bits per heavy atom. The van der Waals surface area contributed by atoms with E-state index in [-0.39, 0.29) is 11.8 Å². The normalized spacial score (nSPS) is 10.3. The standard InChI is InChI=1S/C21H26N2O3/c1-2-22-21(25)18-10-12-19(13-11-18)23-20(24)9-6-15-26-16-14-17-7-4-3-5-8-17/h3-5,7-8,10-13H,2,6,9,14-16H2,1H3,(H,22,25)(H,23,24). The number of hydrogen-bond donors (Lipinski definition) is 2. The van der Waals surface area contributed by atoms with Crippen molar-refractivity contribution in [3.05, 3.63) is 65.7 Å². The van der Waals surface area contributed by atoms with Crippen LogP contribution < -0.4 is 10.6 Å². The van der Waals surface area contributed by atoms with Gasteiger partial charge in [0.05, 0.1) is 6.61 Å². The van der Waals surface area contributed by atoms with Crippen molar-refractivity contribution in [3.8, 4) is 0 Å². The molecule has 0 aromatic heterocycles. The molecule has 2 rings (SSSR count). The third kappa shape index (κ3) is 7.07. The van der Waals surface area contributed by atoms with Crippen LogP contribution in [0.15, 0.2) is 54.6 Å². The van der Waals surface area contributed by atoms with Crippen molar-refractivity contribution in [2.75, 3.05) is 25.1 Å². The van der Waals surface area contributed by atoms with Crippen LogP contribution in [0.25, 0.3) is 0 Å². The van der Waals surface area contributed by atoms with Gasteiger partial charge in [-0.15, -0.1) is 0 Å². The van der Waals surface area contributed by atoms with Crippen molar-refractivity contribution in [1.29, 1.82) is 0 Å². The zero-order valence-corrected chi connectivity index (χ0v) is 15.2. The Morgan fingerprint density at radius 1 is 0.962 bits per heavy atom. The average molecular weight is 354 g/mol. The minimum Gasteiger partial charge on any atom is -0.381 e. The Labute approximate surface area is 154 Å². The topological polar surface area (TPSA) is 67.4 Å². The molecule has 0 saturated carbocycles. The van der Waals surface area contributed by atoms with E-state index in [1.54, 1.807) is 24.3 Å². The largest absolute Gasteiger partial charge is 0.381 e. The predicted molar refractivity (Wildman–Crippen MR) is 103 cm³/mol. The number of amides is 2. The van der Waals surface area contributed by atoms with Crippen molar-refractivity contribution < 1.29 is 14.3 Å². The van der Waals surface area contributed by atoms with Crippen molar-refractivity contribution in [2.45, 2.75) is 26.2 Å². The van der Waals surface area contributed by atoms with Gasteiger partial charge in [0.1, 0.15) is 0 Å². The summed E-state index contributed by atoms with van der Waals surface area (Å²) in [5.41, 5.74) is 2.52. The van der Waals surface area contributed by atoms with E-state index in [9.17, 15) is 9.59 Å². The maximum absolute atomic E-state index is 11.9. The number of hydrogen-bond acceptors (Lipinski definition) is 3. The molecule has 0 aliphatic rings. The molecule has 26 heavy (non-hydrogen) atoms. The maximum atomic E-state index is 11.9. The number of carbonyl (C=O) groups excluding carboxylic acids is 2. The molecule has 0 aliphatic carbocycles. The SMILES string of the molecule is CCNC(=O)c1ccc(NC(=O)CCCOCCc2ccccc2)cc1. The van der Waals surface area contributed by atoms with Gasteiger partial charge in [-0.25, -0.2) is 0 Å². The number of benzene rings is 2. The summed E-state index contributed by atoms with van der Waals surface area (Å²) in [5, 5.41) is 5.57. The van der Waals surface area contributed by atoms with Crippen LogP contribution in [0, 0.1) is 0 Å². The highest BCUT2D eigenvalue weighted by molar-refractivity contribution is 5.95. The Balaban J connectivity index is 1.60. The van der Waals surface area contributed by atoms with Crippen LogP contribution >= 0.6 is 0 Å². The number of carbonyl (C=O) groups is 2. The summed E-state index contributed by atoms with van der Waals surface area (Å²) >= 11 is 0. The van der Waals surface area contributed by atoms with Crippen LogP contribution in [-0.2, 0) is 16.0 Å². The molecule has 0 spiro atoms.